The summed E-state index contributed by atoms with van der Waals surface area (Å²) >= 11 is 1.50. The van der Waals surface area contributed by atoms with Crippen LogP contribution in [0.15, 0.2) is 12.3 Å². The van der Waals surface area contributed by atoms with Crippen LogP contribution in [0.25, 0.3) is 0 Å². The fourth-order valence-electron chi connectivity index (χ4n) is 4.16. The summed E-state index contributed by atoms with van der Waals surface area (Å²) in [6.07, 6.45) is 5.74. The van der Waals surface area contributed by atoms with E-state index in [2.05, 4.69) is 25.5 Å². The number of hydrogen-bond donors (Lipinski definition) is 3. The van der Waals surface area contributed by atoms with Gasteiger partial charge in [0.25, 0.3) is 0 Å². The zero-order valence-corrected chi connectivity index (χ0v) is 17.5. The molecule has 0 radical (unpaired) electrons. The summed E-state index contributed by atoms with van der Waals surface area (Å²) in [6, 6.07) is 1.77. The molecular weight excluding hydrogens is 404 g/mol. The Morgan fingerprint density at radius 3 is 3.03 bits per heavy atom. The number of nitrogens with one attached hydrogen (secondary N) is 2. The number of amides is 2. The maximum Gasteiger partial charge on any atom is 0.321 e. The van der Waals surface area contributed by atoms with E-state index >= 15 is 0 Å². The predicted octanol–water partition coefficient (Wildman–Crippen LogP) is 2.03. The lowest BCUT2D eigenvalue weighted by Gasteiger charge is -2.31. The van der Waals surface area contributed by atoms with E-state index < -0.39 is 0 Å². The normalized spacial score (nSPS) is 25.9. The van der Waals surface area contributed by atoms with Gasteiger partial charge in [0.05, 0.1) is 30.6 Å². The molecule has 1 saturated carbocycles. The van der Waals surface area contributed by atoms with Crippen LogP contribution in [0.3, 0.4) is 0 Å². The fraction of sp³-hybridized carbons (Fsp3) is 0.600. The standard InChI is InChI=1S/C20H26N6O3S/c27-14-8-13(9-14)22-19(28)25-20-24-16-4-6-26(10-17(16)30-20)18-21-5-3-15(23-18)12-2-1-7-29-11-12/h3,5,12-14,27H,1-2,4,6-11H2,(H2,22,24,25,28). The highest BCUT2D eigenvalue weighted by molar-refractivity contribution is 7.15. The topological polar surface area (TPSA) is 113 Å². The van der Waals surface area contributed by atoms with Crippen LogP contribution in [0.2, 0.25) is 0 Å². The van der Waals surface area contributed by atoms with E-state index in [4.69, 9.17) is 9.72 Å². The Balaban J connectivity index is 1.22. The van der Waals surface area contributed by atoms with Crippen molar-refractivity contribution in [2.45, 2.75) is 56.7 Å². The number of ether oxygens (including phenoxy) is 1. The Bertz CT molecular complexity index is 910. The molecule has 10 heteroatoms. The van der Waals surface area contributed by atoms with Gasteiger partial charge in [-0.2, -0.15) is 0 Å². The fourth-order valence-corrected chi connectivity index (χ4v) is 5.18. The third-order valence-corrected chi connectivity index (χ3v) is 6.92. The van der Waals surface area contributed by atoms with Crippen LogP contribution in [0.1, 0.15) is 47.9 Å². The number of urea groups is 1. The highest BCUT2D eigenvalue weighted by Gasteiger charge is 2.29. The Morgan fingerprint density at radius 1 is 1.33 bits per heavy atom. The summed E-state index contributed by atoms with van der Waals surface area (Å²) in [5, 5.41) is 15.6. The van der Waals surface area contributed by atoms with Crippen LogP contribution < -0.4 is 15.5 Å². The number of rotatable bonds is 4. The number of aromatic nitrogens is 3. The molecule has 3 aliphatic rings. The van der Waals surface area contributed by atoms with Gasteiger partial charge in [0.2, 0.25) is 5.95 Å². The molecule has 2 aromatic rings. The molecule has 2 amide bonds. The van der Waals surface area contributed by atoms with E-state index in [0.29, 0.717) is 30.4 Å². The van der Waals surface area contributed by atoms with Gasteiger partial charge in [0.15, 0.2) is 5.13 Å². The van der Waals surface area contributed by atoms with Gasteiger partial charge in [-0.25, -0.2) is 19.7 Å². The summed E-state index contributed by atoms with van der Waals surface area (Å²) in [5.41, 5.74) is 2.08. The lowest BCUT2D eigenvalue weighted by Crippen LogP contribution is -2.48. The number of aliphatic hydroxyl groups is 1. The molecule has 160 valence electrons. The molecule has 4 heterocycles. The maximum atomic E-state index is 12.1. The summed E-state index contributed by atoms with van der Waals surface area (Å²) < 4.78 is 5.61. The van der Waals surface area contributed by atoms with Gasteiger partial charge in [-0.1, -0.05) is 11.3 Å². The monoisotopic (exact) mass is 430 g/mol. The van der Waals surface area contributed by atoms with Crippen molar-refractivity contribution < 1.29 is 14.6 Å². The number of aliphatic hydroxyl groups excluding tert-OH is 1. The van der Waals surface area contributed by atoms with E-state index in [1.165, 1.54) is 11.3 Å². The van der Waals surface area contributed by atoms with Gasteiger partial charge in [-0.05, 0) is 31.7 Å². The molecule has 1 unspecified atom stereocenters. The first-order chi connectivity index (χ1) is 14.6. The average molecular weight is 431 g/mol. The second-order valence-corrected chi connectivity index (χ2v) is 9.26. The molecule has 2 aromatic heterocycles. The number of carbonyl (C=O) groups excluding carboxylic acids is 1. The first kappa shape index (κ1) is 19.7. The largest absolute Gasteiger partial charge is 0.393 e. The minimum Gasteiger partial charge on any atom is -0.393 e. The molecule has 1 aliphatic carbocycles. The molecule has 5 rings (SSSR count). The minimum absolute atomic E-state index is 0.0454. The van der Waals surface area contributed by atoms with Gasteiger partial charge in [-0.3, -0.25) is 5.32 Å². The van der Waals surface area contributed by atoms with Gasteiger partial charge in [-0.15, -0.1) is 0 Å². The summed E-state index contributed by atoms with van der Waals surface area (Å²) in [7, 11) is 0. The molecule has 1 atom stereocenters. The quantitative estimate of drug-likeness (QED) is 0.680. The first-order valence-electron chi connectivity index (χ1n) is 10.5. The van der Waals surface area contributed by atoms with Crippen LogP contribution in [0.5, 0.6) is 0 Å². The zero-order chi connectivity index (χ0) is 20.5. The summed E-state index contributed by atoms with van der Waals surface area (Å²) in [4.78, 5) is 29.3. The molecule has 0 spiro atoms. The van der Waals surface area contributed by atoms with E-state index in [1.807, 2.05) is 12.3 Å². The Kier molecular flexibility index (Phi) is 5.53. The molecule has 9 nitrogen and oxygen atoms in total. The molecular formula is C20H26N6O3S. The number of carbonyl (C=O) groups is 1. The molecule has 2 aliphatic heterocycles. The van der Waals surface area contributed by atoms with Crippen molar-refractivity contribution in [2.75, 3.05) is 30.0 Å². The van der Waals surface area contributed by atoms with Crippen molar-refractivity contribution in [3.05, 3.63) is 28.5 Å². The van der Waals surface area contributed by atoms with Crippen molar-refractivity contribution in [3.63, 3.8) is 0 Å². The van der Waals surface area contributed by atoms with Crippen LogP contribution in [-0.2, 0) is 17.7 Å². The van der Waals surface area contributed by atoms with Crippen LogP contribution in [0.4, 0.5) is 15.9 Å². The van der Waals surface area contributed by atoms with Crippen LogP contribution >= 0.6 is 11.3 Å². The molecule has 3 N–H and O–H groups in total. The van der Waals surface area contributed by atoms with Crippen molar-refractivity contribution in [2.24, 2.45) is 0 Å². The van der Waals surface area contributed by atoms with E-state index in [9.17, 15) is 9.90 Å². The van der Waals surface area contributed by atoms with Crippen molar-refractivity contribution in [1.82, 2.24) is 20.3 Å². The molecule has 2 fully saturated rings. The van der Waals surface area contributed by atoms with Crippen molar-refractivity contribution in [1.29, 1.82) is 0 Å². The van der Waals surface area contributed by atoms with E-state index in [-0.39, 0.29) is 18.2 Å². The highest BCUT2D eigenvalue weighted by Crippen LogP contribution is 2.31. The molecule has 30 heavy (non-hydrogen) atoms. The van der Waals surface area contributed by atoms with Crippen molar-refractivity contribution >= 4 is 28.4 Å². The smallest absolute Gasteiger partial charge is 0.321 e. The third-order valence-electron chi connectivity index (χ3n) is 5.93. The minimum atomic E-state index is -0.292. The first-order valence-corrected chi connectivity index (χ1v) is 11.4. The van der Waals surface area contributed by atoms with Crippen molar-refractivity contribution in [3.8, 4) is 0 Å². The highest BCUT2D eigenvalue weighted by atomic mass is 32.1. The van der Waals surface area contributed by atoms with E-state index in [1.54, 1.807) is 0 Å². The number of anilines is 2. The predicted molar refractivity (Wildman–Crippen MR) is 113 cm³/mol. The van der Waals surface area contributed by atoms with Gasteiger partial charge >= 0.3 is 6.03 Å². The molecule has 0 bridgehead atoms. The summed E-state index contributed by atoms with van der Waals surface area (Å²) in [5.74, 6) is 1.09. The Hall–Kier alpha value is -2.30. The maximum absolute atomic E-state index is 12.1. The lowest BCUT2D eigenvalue weighted by molar-refractivity contribution is 0.0671. The number of nitrogens with zero attached hydrogens (tertiary/aromatic N) is 4. The second-order valence-electron chi connectivity index (χ2n) is 8.18. The zero-order valence-electron chi connectivity index (χ0n) is 16.7. The number of fused-ring (bicyclic) bond motifs is 1. The SMILES string of the molecule is O=C(Nc1nc2c(s1)CN(c1nccc(C3CCCOC3)n1)CC2)NC1CC(O)C1. The number of thiazole rings is 1. The number of hydrogen-bond acceptors (Lipinski definition) is 8. The van der Waals surface area contributed by atoms with E-state index in [0.717, 1.165) is 61.2 Å². The van der Waals surface area contributed by atoms with Gasteiger partial charge in [0.1, 0.15) is 0 Å². The average Bonchev–Trinajstić information content (AvgIpc) is 3.14. The second kappa shape index (κ2) is 8.44. The Morgan fingerprint density at radius 2 is 2.23 bits per heavy atom. The molecule has 1 saturated heterocycles. The van der Waals surface area contributed by atoms with Gasteiger partial charge in [0, 0.05) is 42.6 Å². The van der Waals surface area contributed by atoms with Gasteiger partial charge < -0.3 is 20.1 Å². The van der Waals surface area contributed by atoms with Crippen LogP contribution in [0, 0.1) is 0 Å². The van der Waals surface area contributed by atoms with Crippen LogP contribution in [-0.4, -0.2) is 58.0 Å². The molecule has 0 aromatic carbocycles. The Labute approximate surface area is 178 Å². The lowest BCUT2D eigenvalue weighted by atomic mass is 9.90. The summed E-state index contributed by atoms with van der Waals surface area (Å²) in [6.45, 7) is 3.06. The third kappa shape index (κ3) is 4.26.